The van der Waals surface area contributed by atoms with E-state index in [-0.39, 0.29) is 17.8 Å². The van der Waals surface area contributed by atoms with Crippen molar-refractivity contribution in [3.05, 3.63) is 35.1 Å². The van der Waals surface area contributed by atoms with Crippen LogP contribution in [0.25, 0.3) is 0 Å². The average Bonchev–Trinajstić information content (AvgIpc) is 2.59. The van der Waals surface area contributed by atoms with Gasteiger partial charge in [0.2, 0.25) is 0 Å². The Kier molecular flexibility index (Phi) is 5.74. The molecular weight excluding hydrogens is 319 g/mol. The molecule has 0 bridgehead atoms. The van der Waals surface area contributed by atoms with Gasteiger partial charge in [-0.25, -0.2) is 4.39 Å². The van der Waals surface area contributed by atoms with Crippen molar-refractivity contribution in [3.8, 4) is 0 Å². The van der Waals surface area contributed by atoms with Crippen molar-refractivity contribution in [1.29, 1.82) is 0 Å². The molecule has 1 amide bonds. The van der Waals surface area contributed by atoms with Gasteiger partial charge in [-0.1, -0.05) is 25.3 Å². The van der Waals surface area contributed by atoms with Crippen LogP contribution in [0.1, 0.15) is 60.9 Å². The molecule has 1 saturated heterocycles. The molecule has 1 aliphatic heterocycles. The number of carbonyl (C=O) groups is 1. The number of piperidine rings is 1. The van der Waals surface area contributed by atoms with E-state index < -0.39 is 5.60 Å². The summed E-state index contributed by atoms with van der Waals surface area (Å²) < 4.78 is 13.6. The summed E-state index contributed by atoms with van der Waals surface area (Å²) in [4.78, 5) is 14.6. The monoisotopic (exact) mass is 348 g/mol. The molecule has 0 radical (unpaired) electrons. The van der Waals surface area contributed by atoms with Crippen molar-refractivity contribution in [2.75, 3.05) is 19.6 Å². The molecule has 2 N–H and O–H groups in total. The van der Waals surface area contributed by atoms with Gasteiger partial charge in [-0.15, -0.1) is 0 Å². The minimum atomic E-state index is -0.520. The van der Waals surface area contributed by atoms with Gasteiger partial charge < -0.3 is 15.3 Å². The van der Waals surface area contributed by atoms with E-state index in [1.165, 1.54) is 12.5 Å². The Bertz CT molecular complexity index is 606. The second-order valence-electron chi connectivity index (χ2n) is 7.77. The first-order valence-corrected chi connectivity index (χ1v) is 9.47. The number of nitrogens with one attached hydrogen (secondary N) is 1. The first kappa shape index (κ1) is 18.3. The molecule has 25 heavy (non-hydrogen) atoms. The largest absolute Gasteiger partial charge is 0.389 e. The van der Waals surface area contributed by atoms with Gasteiger partial charge in [0.1, 0.15) is 5.82 Å². The second kappa shape index (κ2) is 7.83. The number of β-amino-alcohol motifs (C(OH)–C–C–N with tert-alkyl or cyclic N) is 1. The van der Waals surface area contributed by atoms with Crippen molar-refractivity contribution in [2.24, 2.45) is 0 Å². The van der Waals surface area contributed by atoms with Gasteiger partial charge in [-0.2, -0.15) is 0 Å². The average molecular weight is 348 g/mol. The predicted octanol–water partition coefficient (Wildman–Crippen LogP) is 3.02. The SMILES string of the molecule is Cc1ccc(C(=O)NC2CCN(CC3(O)CCCCC3)CC2)cc1F. The summed E-state index contributed by atoms with van der Waals surface area (Å²) >= 11 is 0. The van der Waals surface area contributed by atoms with Gasteiger partial charge in [0.25, 0.3) is 5.91 Å². The summed E-state index contributed by atoms with van der Waals surface area (Å²) in [6.45, 7) is 4.20. The van der Waals surface area contributed by atoms with E-state index in [2.05, 4.69) is 10.2 Å². The maximum Gasteiger partial charge on any atom is 0.251 e. The molecule has 0 spiro atoms. The Morgan fingerprint density at radius 2 is 1.96 bits per heavy atom. The zero-order valence-electron chi connectivity index (χ0n) is 15.1. The quantitative estimate of drug-likeness (QED) is 0.879. The van der Waals surface area contributed by atoms with Crippen LogP contribution < -0.4 is 5.32 Å². The maximum absolute atomic E-state index is 13.6. The summed E-state index contributed by atoms with van der Waals surface area (Å²) in [6.07, 6.45) is 7.03. The van der Waals surface area contributed by atoms with E-state index >= 15 is 0 Å². The fourth-order valence-electron chi connectivity index (χ4n) is 4.02. The third-order valence-corrected chi connectivity index (χ3v) is 5.66. The lowest BCUT2D eigenvalue weighted by atomic mass is 9.84. The summed E-state index contributed by atoms with van der Waals surface area (Å²) in [7, 11) is 0. The normalized spacial score (nSPS) is 21.9. The van der Waals surface area contributed by atoms with Crippen LogP contribution in [0.4, 0.5) is 4.39 Å². The van der Waals surface area contributed by atoms with Gasteiger partial charge in [0.15, 0.2) is 0 Å². The predicted molar refractivity (Wildman–Crippen MR) is 96.1 cm³/mol. The van der Waals surface area contributed by atoms with E-state index in [0.29, 0.717) is 11.1 Å². The number of amides is 1. The number of nitrogens with zero attached hydrogens (tertiary/aromatic N) is 1. The summed E-state index contributed by atoms with van der Waals surface area (Å²) in [6, 6.07) is 4.73. The first-order valence-electron chi connectivity index (χ1n) is 9.47. The van der Waals surface area contributed by atoms with E-state index in [1.807, 2.05) is 0 Å². The van der Waals surface area contributed by atoms with Crippen LogP contribution in [0.5, 0.6) is 0 Å². The van der Waals surface area contributed by atoms with Crippen LogP contribution in [0.3, 0.4) is 0 Å². The molecule has 1 aromatic carbocycles. The lowest BCUT2D eigenvalue weighted by Crippen LogP contribution is -2.50. The van der Waals surface area contributed by atoms with Crippen molar-refractivity contribution in [3.63, 3.8) is 0 Å². The number of hydrogen-bond donors (Lipinski definition) is 2. The van der Waals surface area contributed by atoms with E-state index in [9.17, 15) is 14.3 Å². The first-order chi connectivity index (χ1) is 12.0. The van der Waals surface area contributed by atoms with Gasteiger partial charge in [-0.05, 0) is 50.3 Å². The Morgan fingerprint density at radius 3 is 2.60 bits per heavy atom. The third-order valence-electron chi connectivity index (χ3n) is 5.66. The molecule has 138 valence electrons. The van der Waals surface area contributed by atoms with Gasteiger partial charge in [-0.3, -0.25) is 4.79 Å². The van der Waals surface area contributed by atoms with Gasteiger partial charge in [0.05, 0.1) is 5.60 Å². The summed E-state index contributed by atoms with van der Waals surface area (Å²) in [5.74, 6) is -0.550. The number of carbonyl (C=O) groups excluding carboxylic acids is 1. The van der Waals surface area contributed by atoms with Crippen LogP contribution >= 0.6 is 0 Å². The Balaban J connectivity index is 1.47. The number of hydrogen-bond acceptors (Lipinski definition) is 3. The van der Waals surface area contributed by atoms with E-state index in [4.69, 9.17) is 0 Å². The molecule has 5 heteroatoms. The molecule has 2 aliphatic rings. The fraction of sp³-hybridized carbons (Fsp3) is 0.650. The molecule has 4 nitrogen and oxygen atoms in total. The number of benzene rings is 1. The lowest BCUT2D eigenvalue weighted by molar-refractivity contribution is -0.0312. The molecule has 1 aromatic rings. The fourth-order valence-corrected chi connectivity index (χ4v) is 4.02. The summed E-state index contributed by atoms with van der Waals surface area (Å²) in [5.41, 5.74) is 0.404. The van der Waals surface area contributed by atoms with Crippen LogP contribution in [0, 0.1) is 12.7 Å². The molecular formula is C20H29FN2O2. The Hall–Kier alpha value is -1.46. The van der Waals surface area contributed by atoms with Crippen LogP contribution in [0.2, 0.25) is 0 Å². The minimum Gasteiger partial charge on any atom is -0.389 e. The lowest BCUT2D eigenvalue weighted by Gasteiger charge is -2.40. The van der Waals surface area contributed by atoms with Crippen LogP contribution in [0.15, 0.2) is 18.2 Å². The van der Waals surface area contributed by atoms with E-state index in [1.54, 1.807) is 19.1 Å². The number of rotatable bonds is 4. The Morgan fingerprint density at radius 1 is 1.28 bits per heavy atom. The highest BCUT2D eigenvalue weighted by molar-refractivity contribution is 5.94. The highest BCUT2D eigenvalue weighted by Crippen LogP contribution is 2.29. The van der Waals surface area contributed by atoms with Crippen LogP contribution in [-0.2, 0) is 0 Å². The molecule has 1 aliphatic carbocycles. The van der Waals surface area contributed by atoms with Gasteiger partial charge in [0, 0.05) is 31.2 Å². The van der Waals surface area contributed by atoms with E-state index in [0.717, 1.165) is 58.2 Å². The zero-order chi connectivity index (χ0) is 17.9. The smallest absolute Gasteiger partial charge is 0.251 e. The van der Waals surface area contributed by atoms with Gasteiger partial charge >= 0.3 is 0 Å². The molecule has 1 saturated carbocycles. The molecule has 3 rings (SSSR count). The van der Waals surface area contributed by atoms with Crippen molar-refractivity contribution in [1.82, 2.24) is 10.2 Å². The second-order valence-corrected chi connectivity index (χ2v) is 7.77. The molecule has 2 fully saturated rings. The molecule has 0 aromatic heterocycles. The minimum absolute atomic E-state index is 0.120. The van der Waals surface area contributed by atoms with Crippen LogP contribution in [-0.4, -0.2) is 47.2 Å². The highest BCUT2D eigenvalue weighted by Gasteiger charge is 2.32. The van der Waals surface area contributed by atoms with Crippen molar-refractivity contribution in [2.45, 2.75) is 63.5 Å². The van der Waals surface area contributed by atoms with Crippen molar-refractivity contribution >= 4 is 5.91 Å². The standard InChI is InChI=1S/C20H29FN2O2/c1-15-5-6-16(13-18(15)21)19(24)22-17-7-11-23(12-8-17)14-20(25)9-3-2-4-10-20/h5-6,13,17,25H,2-4,7-12,14H2,1H3,(H,22,24). The van der Waals surface area contributed by atoms with Crippen molar-refractivity contribution < 1.29 is 14.3 Å². The third kappa shape index (κ3) is 4.79. The number of likely N-dealkylation sites (tertiary alicyclic amines) is 1. The zero-order valence-corrected chi connectivity index (χ0v) is 15.1. The maximum atomic E-state index is 13.6. The summed E-state index contributed by atoms with van der Waals surface area (Å²) in [5, 5.41) is 13.7. The number of aryl methyl sites for hydroxylation is 1. The number of halogens is 1. The topological polar surface area (TPSA) is 52.6 Å². The number of aliphatic hydroxyl groups is 1. The molecule has 1 heterocycles. The molecule has 0 unspecified atom stereocenters. The Labute approximate surface area is 149 Å². The molecule has 0 atom stereocenters. The highest BCUT2D eigenvalue weighted by atomic mass is 19.1.